The molecule has 26 heteroatoms. The average Bonchev–Trinajstić information content (AvgIpc) is 1.75. The highest BCUT2D eigenvalue weighted by Crippen LogP contribution is 2.45. The number of esters is 2. The van der Waals surface area contributed by atoms with Crippen molar-refractivity contribution < 1.29 is 86.9 Å². The number of epoxide rings is 1. The normalized spacial score (nSPS) is 25.7. The molecule has 0 aromatic heterocycles. The monoisotopic (exact) mass is 1240 g/mol. The number of aliphatic hydroxyl groups is 3. The van der Waals surface area contributed by atoms with Gasteiger partial charge in [-0.05, 0) is 92.7 Å². The summed E-state index contributed by atoms with van der Waals surface area (Å²) < 4.78 is 33.9. The fraction of sp³-hybridized carbons (Fsp3) is 0.623. The van der Waals surface area contributed by atoms with Crippen LogP contribution in [0.15, 0.2) is 54.6 Å². The first-order valence-corrected chi connectivity index (χ1v) is 29.9. The highest BCUT2D eigenvalue weighted by atomic mass is 35.5. The van der Waals surface area contributed by atoms with Crippen LogP contribution >= 0.6 is 11.6 Å². The number of nitrogens with one attached hydrogen (secondary N) is 7. The SMILES string of the molecule is CNC(=O)CCCC(=O)NC(C(=O)N[C@@H](CCCCNC(=O)[C@H]1O[C@@H](OC)[C@H](O)[C@@H](O)[C@@H]1O)C(=O)NCc1ccc([C@H]2O[C@@H]2[C@@H](C)[C@@H]2C/C=C/C(=O)NC(Cc3ccc(OC)c(Cl)c3)C(=O)NCC(C)(C)C(=O)O[C@@H](CC(C)C)C(=O)O2)cc1)C(C)C. The number of rotatable bonds is 26. The van der Waals surface area contributed by atoms with Gasteiger partial charge in [0, 0.05) is 65.4 Å². The Kier molecular flexibility index (Phi) is 27.4. The van der Waals surface area contributed by atoms with E-state index < -0.39 is 138 Å². The summed E-state index contributed by atoms with van der Waals surface area (Å²) in [5.74, 6) is -5.81. The lowest BCUT2D eigenvalue weighted by atomic mass is 9.92. The second-order valence-electron chi connectivity index (χ2n) is 23.6. The van der Waals surface area contributed by atoms with Crippen LogP contribution in [-0.4, -0.2) is 170 Å². The van der Waals surface area contributed by atoms with Crippen LogP contribution in [0.2, 0.25) is 5.02 Å². The third kappa shape index (κ3) is 21.2. The summed E-state index contributed by atoms with van der Waals surface area (Å²) in [6, 6.07) is 9.03. The standard InChI is InChI=1S/C61H88ClN7O18/c1-32(2)27-43-58(80)84-41(16-13-18-45(71)67-40(29-36-22-25-42(82-9)38(62)28-36)55(77)66-31-61(6,7)60(81)85-43)34(5)51-52(86-51)37-23-20-35(21-24-37)30-65-54(76)39(68-56(78)47(33(3)4)69-46(72)19-14-17-44(70)63-8)15-11-12-26-64-57(79)53-49(74)48(73)50(75)59(83-10)87-53/h13,18,20-25,28,32-34,39-41,43,47-53,59,73-75H,11-12,14-17,19,26-27,29-31H2,1-10H3,(H,63,70)(H,64,79)(H,65,76)(H,66,77)(H,67,71)(H,68,78)(H,69,72)/b18-13+/t34-,39-,40?,41-,43-,47?,48-,49-,50+,51+,52+,53-,59+/m0/s1. The van der Waals surface area contributed by atoms with Crippen LogP contribution in [0.1, 0.15) is 123 Å². The molecule has 0 radical (unpaired) electrons. The zero-order chi connectivity index (χ0) is 64.3. The van der Waals surface area contributed by atoms with Crippen molar-refractivity contribution in [3.05, 3.63) is 76.3 Å². The van der Waals surface area contributed by atoms with E-state index in [4.69, 9.17) is 40.0 Å². The molecule has 25 nitrogen and oxygen atoms in total. The summed E-state index contributed by atoms with van der Waals surface area (Å²) in [6.07, 6.45) is -6.93. The molecule has 7 amide bonds. The van der Waals surface area contributed by atoms with Crippen molar-refractivity contribution in [2.24, 2.45) is 23.2 Å². The number of halogens is 1. The van der Waals surface area contributed by atoms with Gasteiger partial charge in [-0.2, -0.15) is 0 Å². The number of aliphatic hydroxyl groups excluding tert-OH is 3. The van der Waals surface area contributed by atoms with Gasteiger partial charge < -0.3 is 81.0 Å². The van der Waals surface area contributed by atoms with E-state index in [2.05, 4.69) is 37.2 Å². The van der Waals surface area contributed by atoms with Gasteiger partial charge in [0.05, 0.1) is 23.7 Å². The number of methoxy groups -OCH3 is 2. The van der Waals surface area contributed by atoms with Crippen LogP contribution in [0.3, 0.4) is 0 Å². The van der Waals surface area contributed by atoms with Gasteiger partial charge in [0.2, 0.25) is 35.4 Å². The number of benzene rings is 2. The van der Waals surface area contributed by atoms with Crippen LogP contribution in [0, 0.1) is 23.2 Å². The van der Waals surface area contributed by atoms with E-state index in [1.807, 2.05) is 32.9 Å². The minimum atomic E-state index is -1.74. The summed E-state index contributed by atoms with van der Waals surface area (Å²) >= 11 is 6.39. The molecule has 2 aromatic carbocycles. The highest BCUT2D eigenvalue weighted by molar-refractivity contribution is 6.32. The molecule has 2 saturated heterocycles. The average molecular weight is 1240 g/mol. The third-order valence-corrected chi connectivity index (χ3v) is 15.6. The maximum atomic E-state index is 14.0. The second-order valence-corrected chi connectivity index (χ2v) is 24.0. The maximum Gasteiger partial charge on any atom is 0.347 e. The van der Waals surface area contributed by atoms with Gasteiger partial charge in [-0.1, -0.05) is 82.6 Å². The Bertz CT molecular complexity index is 2730. The number of unbranched alkanes of at least 4 members (excludes halogenated alkanes) is 1. The largest absolute Gasteiger partial charge is 0.495 e. The number of hydrogen-bond acceptors (Lipinski definition) is 18. The van der Waals surface area contributed by atoms with Gasteiger partial charge in [-0.15, -0.1) is 0 Å². The summed E-state index contributed by atoms with van der Waals surface area (Å²) in [5.41, 5.74) is 0.786. The molecule has 2 fully saturated rings. The summed E-state index contributed by atoms with van der Waals surface area (Å²) in [5, 5.41) is 50.1. The number of ether oxygens (including phenoxy) is 6. The lowest BCUT2D eigenvalue weighted by molar-refractivity contribution is -0.283. The Morgan fingerprint density at radius 1 is 0.816 bits per heavy atom. The van der Waals surface area contributed by atoms with Crippen molar-refractivity contribution >= 4 is 64.9 Å². The first kappa shape index (κ1) is 71.0. The lowest BCUT2D eigenvalue weighted by Crippen LogP contribution is -2.61. The van der Waals surface area contributed by atoms with Gasteiger partial charge in [0.1, 0.15) is 54.4 Å². The van der Waals surface area contributed by atoms with Crippen LogP contribution in [0.4, 0.5) is 0 Å². The second kappa shape index (κ2) is 33.6. The number of hydrogen-bond donors (Lipinski definition) is 10. The van der Waals surface area contributed by atoms with Crippen molar-refractivity contribution in [3.63, 3.8) is 0 Å². The Hall–Kier alpha value is -6.74. The fourth-order valence-electron chi connectivity index (χ4n) is 9.85. The predicted molar refractivity (Wildman–Crippen MR) is 316 cm³/mol. The van der Waals surface area contributed by atoms with E-state index in [1.54, 1.807) is 58.0 Å². The number of amides is 7. The van der Waals surface area contributed by atoms with E-state index in [0.29, 0.717) is 34.7 Å². The molecule has 13 atom stereocenters. The Morgan fingerprint density at radius 3 is 2.15 bits per heavy atom. The molecule has 0 spiro atoms. The maximum absolute atomic E-state index is 14.0. The summed E-state index contributed by atoms with van der Waals surface area (Å²) in [6.45, 7) is 12.1. The highest BCUT2D eigenvalue weighted by Gasteiger charge is 2.49. The number of carbonyl (C=O) groups excluding carboxylic acids is 9. The molecule has 2 unspecified atom stereocenters. The van der Waals surface area contributed by atoms with E-state index in [9.17, 15) is 58.5 Å². The van der Waals surface area contributed by atoms with Crippen molar-refractivity contribution in [3.8, 4) is 5.75 Å². The third-order valence-electron chi connectivity index (χ3n) is 15.3. The minimum Gasteiger partial charge on any atom is -0.495 e. The predicted octanol–water partition coefficient (Wildman–Crippen LogP) is 2.02. The van der Waals surface area contributed by atoms with E-state index in [1.165, 1.54) is 33.4 Å². The molecule has 3 aliphatic rings. The zero-order valence-electron chi connectivity index (χ0n) is 51.2. The van der Waals surface area contributed by atoms with Crippen molar-refractivity contribution in [1.29, 1.82) is 0 Å². The molecule has 0 saturated carbocycles. The van der Waals surface area contributed by atoms with E-state index >= 15 is 0 Å². The van der Waals surface area contributed by atoms with Crippen LogP contribution in [0.5, 0.6) is 5.75 Å². The van der Waals surface area contributed by atoms with E-state index in [-0.39, 0.29) is 76.4 Å². The van der Waals surface area contributed by atoms with E-state index in [0.717, 1.165) is 5.56 Å². The van der Waals surface area contributed by atoms with Gasteiger partial charge in [0.15, 0.2) is 18.5 Å². The molecule has 3 heterocycles. The molecule has 5 rings (SSSR count). The minimum absolute atomic E-state index is 0.0122. The molecule has 0 bridgehead atoms. The van der Waals surface area contributed by atoms with Gasteiger partial charge in [-0.3, -0.25) is 38.4 Å². The topological polar surface area (TPSA) is 357 Å². The summed E-state index contributed by atoms with van der Waals surface area (Å²) in [4.78, 5) is 120. The molecule has 2 aromatic rings. The molecule has 3 aliphatic heterocycles. The van der Waals surface area contributed by atoms with Gasteiger partial charge in [0.25, 0.3) is 5.91 Å². The van der Waals surface area contributed by atoms with Crippen molar-refractivity contribution in [2.75, 3.05) is 34.4 Å². The fourth-order valence-corrected chi connectivity index (χ4v) is 10.1. The Labute approximate surface area is 512 Å². The lowest BCUT2D eigenvalue weighted by Gasteiger charge is -2.38. The number of cyclic esters (lactones) is 2. The quantitative estimate of drug-likeness (QED) is 0.0366. The first-order valence-electron chi connectivity index (χ1n) is 29.5. The Morgan fingerprint density at radius 2 is 1.51 bits per heavy atom. The first-order chi connectivity index (χ1) is 41.2. The Balaban J connectivity index is 1.27. The molecule has 87 heavy (non-hydrogen) atoms. The van der Waals surface area contributed by atoms with Crippen LogP contribution < -0.4 is 42.0 Å². The van der Waals surface area contributed by atoms with Crippen LogP contribution in [0.25, 0.3) is 0 Å². The van der Waals surface area contributed by atoms with Gasteiger partial charge >= 0.3 is 11.9 Å². The summed E-state index contributed by atoms with van der Waals surface area (Å²) in [7, 11) is 4.17. The molecular weight excluding hydrogens is 1150 g/mol. The smallest absolute Gasteiger partial charge is 0.347 e. The van der Waals surface area contributed by atoms with Crippen molar-refractivity contribution in [1.82, 2.24) is 37.2 Å². The van der Waals surface area contributed by atoms with Crippen molar-refractivity contribution in [2.45, 2.75) is 186 Å². The van der Waals surface area contributed by atoms with Crippen LogP contribution in [-0.2, 0) is 79.8 Å². The molecule has 10 N–H and O–H groups in total. The molecule has 482 valence electrons. The number of carbonyl (C=O) groups is 9. The van der Waals surface area contributed by atoms with Gasteiger partial charge in [-0.25, -0.2) is 4.79 Å². The molecular formula is C61H88ClN7O18. The zero-order valence-corrected chi connectivity index (χ0v) is 51.9. The molecule has 0 aliphatic carbocycles.